The number of aromatic nitrogens is 6. The number of nitrogens with one attached hydrogen (secondary N) is 1. The summed E-state index contributed by atoms with van der Waals surface area (Å²) in [5, 5.41) is 25.9. The van der Waals surface area contributed by atoms with Gasteiger partial charge < -0.3 is 10.4 Å². The molecule has 4 aromatic rings. The molecule has 1 unspecified atom stereocenters. The van der Waals surface area contributed by atoms with Crippen LogP contribution >= 0.6 is 11.6 Å². The van der Waals surface area contributed by atoms with Crippen LogP contribution < -0.4 is 5.32 Å². The predicted molar refractivity (Wildman–Crippen MR) is 111 cm³/mol. The lowest BCUT2D eigenvalue weighted by Gasteiger charge is -2.16. The molecule has 1 atom stereocenters. The van der Waals surface area contributed by atoms with Gasteiger partial charge in [-0.2, -0.15) is 5.10 Å². The Morgan fingerprint density at radius 2 is 2.03 bits per heavy atom. The molecule has 1 aromatic carbocycles. The zero-order chi connectivity index (χ0) is 21.3. The van der Waals surface area contributed by atoms with Crippen molar-refractivity contribution >= 4 is 28.6 Å². The van der Waals surface area contributed by atoms with E-state index in [0.29, 0.717) is 23.8 Å². The minimum absolute atomic E-state index is 0.373. The summed E-state index contributed by atoms with van der Waals surface area (Å²) in [6, 6.07) is 10.7. The van der Waals surface area contributed by atoms with E-state index in [-0.39, 0.29) is 0 Å². The van der Waals surface area contributed by atoms with Gasteiger partial charge in [0.15, 0.2) is 0 Å². The third-order valence-electron chi connectivity index (χ3n) is 5.03. The molecule has 0 spiro atoms. The third-order valence-corrected chi connectivity index (χ3v) is 5.23. The van der Waals surface area contributed by atoms with Gasteiger partial charge in [0.25, 0.3) is 0 Å². The molecule has 9 nitrogen and oxygen atoms in total. The Bertz CT molecular complexity index is 1200. The monoisotopic (exact) mass is 425 g/mol. The quantitative estimate of drug-likeness (QED) is 0.459. The lowest BCUT2D eigenvalue weighted by Crippen LogP contribution is -2.28. The Labute approximate surface area is 177 Å². The minimum Gasteiger partial charge on any atom is -0.465 e. The van der Waals surface area contributed by atoms with E-state index in [9.17, 15) is 9.90 Å². The molecular formula is C20H20ClN7O2. The second-order valence-electron chi connectivity index (χ2n) is 6.99. The first-order chi connectivity index (χ1) is 14.4. The van der Waals surface area contributed by atoms with Crippen LogP contribution in [0.1, 0.15) is 28.7 Å². The molecule has 0 saturated carbocycles. The molecule has 3 heterocycles. The summed E-state index contributed by atoms with van der Waals surface area (Å²) >= 11 is 6.17. The minimum atomic E-state index is -1.09. The summed E-state index contributed by atoms with van der Waals surface area (Å²) in [5.41, 5.74) is 4.02. The Kier molecular flexibility index (Phi) is 5.37. The summed E-state index contributed by atoms with van der Waals surface area (Å²) in [7, 11) is 1.85. The van der Waals surface area contributed by atoms with E-state index in [1.165, 1.54) is 0 Å². The van der Waals surface area contributed by atoms with E-state index in [4.69, 9.17) is 11.6 Å². The van der Waals surface area contributed by atoms with Gasteiger partial charge in [0, 0.05) is 18.9 Å². The molecular weight excluding hydrogens is 406 g/mol. The van der Waals surface area contributed by atoms with Crippen molar-refractivity contribution in [1.29, 1.82) is 0 Å². The van der Waals surface area contributed by atoms with Crippen molar-refractivity contribution in [2.45, 2.75) is 25.9 Å². The smallest absolute Gasteiger partial charge is 0.405 e. The molecule has 30 heavy (non-hydrogen) atoms. The number of carboxylic acid groups (broad SMARTS) is 1. The molecule has 0 aliphatic heterocycles. The van der Waals surface area contributed by atoms with Gasteiger partial charge in [0.2, 0.25) is 0 Å². The number of amides is 1. The SMILES string of the molecule is Cc1c(CC(NC(=O)O)c2ccccc2)nnn1Cc1nc(Cl)cc2cnn(C)c12. The third kappa shape index (κ3) is 3.97. The number of fused-ring (bicyclic) bond motifs is 1. The van der Waals surface area contributed by atoms with Gasteiger partial charge in [0.1, 0.15) is 5.15 Å². The Morgan fingerprint density at radius 1 is 1.27 bits per heavy atom. The van der Waals surface area contributed by atoms with Crippen LogP contribution in [-0.2, 0) is 20.0 Å². The van der Waals surface area contributed by atoms with Gasteiger partial charge in [-0.05, 0) is 18.6 Å². The zero-order valence-corrected chi connectivity index (χ0v) is 17.2. The Balaban J connectivity index is 1.63. The molecule has 0 fully saturated rings. The fraction of sp³-hybridized carbons (Fsp3) is 0.250. The maximum Gasteiger partial charge on any atom is 0.405 e. The number of hydrogen-bond acceptors (Lipinski definition) is 5. The van der Waals surface area contributed by atoms with Crippen molar-refractivity contribution in [3.63, 3.8) is 0 Å². The molecule has 0 saturated heterocycles. The molecule has 154 valence electrons. The van der Waals surface area contributed by atoms with E-state index >= 15 is 0 Å². The fourth-order valence-corrected chi connectivity index (χ4v) is 3.74. The molecule has 2 N–H and O–H groups in total. The Hall–Kier alpha value is -3.46. The highest BCUT2D eigenvalue weighted by Crippen LogP contribution is 2.23. The van der Waals surface area contributed by atoms with Crippen LogP contribution in [0.15, 0.2) is 42.6 Å². The van der Waals surface area contributed by atoms with Crippen molar-refractivity contribution in [3.05, 3.63) is 70.4 Å². The highest BCUT2D eigenvalue weighted by molar-refractivity contribution is 6.30. The number of benzene rings is 1. The Morgan fingerprint density at radius 3 is 2.77 bits per heavy atom. The van der Waals surface area contributed by atoms with E-state index in [2.05, 4.69) is 25.7 Å². The number of halogens is 1. The zero-order valence-electron chi connectivity index (χ0n) is 16.4. The van der Waals surface area contributed by atoms with Gasteiger partial charge in [-0.25, -0.2) is 14.5 Å². The van der Waals surface area contributed by atoms with Crippen LogP contribution in [0.5, 0.6) is 0 Å². The summed E-state index contributed by atoms with van der Waals surface area (Å²) in [6.07, 6.45) is 1.04. The lowest BCUT2D eigenvalue weighted by molar-refractivity contribution is 0.189. The second kappa shape index (κ2) is 8.11. The maximum atomic E-state index is 11.3. The first-order valence-electron chi connectivity index (χ1n) is 9.33. The number of aryl methyl sites for hydroxylation is 1. The van der Waals surface area contributed by atoms with Gasteiger partial charge in [0.05, 0.1) is 41.4 Å². The first-order valence-corrected chi connectivity index (χ1v) is 9.70. The topological polar surface area (TPSA) is 111 Å². The summed E-state index contributed by atoms with van der Waals surface area (Å²) in [5.74, 6) is 0. The van der Waals surface area contributed by atoms with E-state index < -0.39 is 12.1 Å². The molecule has 1 amide bonds. The second-order valence-corrected chi connectivity index (χ2v) is 7.38. The molecule has 4 rings (SSSR count). The van der Waals surface area contributed by atoms with Crippen molar-refractivity contribution in [1.82, 2.24) is 35.1 Å². The van der Waals surface area contributed by atoms with Gasteiger partial charge in [-0.3, -0.25) is 4.68 Å². The van der Waals surface area contributed by atoms with E-state index in [1.54, 1.807) is 21.6 Å². The largest absolute Gasteiger partial charge is 0.465 e. The van der Waals surface area contributed by atoms with E-state index in [0.717, 1.165) is 27.9 Å². The molecule has 0 aliphatic carbocycles. The molecule has 10 heteroatoms. The number of carbonyl (C=O) groups is 1. The van der Waals surface area contributed by atoms with Crippen molar-refractivity contribution < 1.29 is 9.90 Å². The highest BCUT2D eigenvalue weighted by atomic mass is 35.5. The standard InChI is InChI=1S/C20H20ClN7O2/c1-12-15(9-16(24-20(29)30)13-6-4-3-5-7-13)25-26-28(12)11-17-19-14(8-18(21)23-17)10-22-27(19)2/h3-8,10,16,24H,9,11H2,1-2H3,(H,29,30). The highest BCUT2D eigenvalue weighted by Gasteiger charge is 2.20. The molecule has 0 radical (unpaired) electrons. The van der Waals surface area contributed by atoms with Crippen LogP contribution in [0, 0.1) is 6.92 Å². The number of nitrogens with zero attached hydrogens (tertiary/aromatic N) is 6. The van der Waals surface area contributed by atoms with Gasteiger partial charge in [-0.1, -0.05) is 47.1 Å². The summed E-state index contributed by atoms with van der Waals surface area (Å²) in [4.78, 5) is 15.7. The van der Waals surface area contributed by atoms with Crippen molar-refractivity contribution in [2.24, 2.45) is 7.05 Å². The van der Waals surface area contributed by atoms with Gasteiger partial charge in [-0.15, -0.1) is 5.10 Å². The number of hydrogen-bond donors (Lipinski definition) is 2. The van der Waals surface area contributed by atoms with Crippen molar-refractivity contribution in [2.75, 3.05) is 0 Å². The normalized spacial score (nSPS) is 12.2. The van der Waals surface area contributed by atoms with Crippen LogP contribution in [0.25, 0.3) is 10.9 Å². The number of pyridine rings is 1. The van der Waals surface area contributed by atoms with Crippen LogP contribution in [0.4, 0.5) is 4.79 Å². The fourth-order valence-electron chi connectivity index (χ4n) is 3.52. The summed E-state index contributed by atoms with van der Waals surface area (Å²) in [6.45, 7) is 2.28. The van der Waals surface area contributed by atoms with Gasteiger partial charge >= 0.3 is 6.09 Å². The number of rotatable bonds is 6. The average molecular weight is 426 g/mol. The van der Waals surface area contributed by atoms with Crippen LogP contribution in [0.3, 0.4) is 0 Å². The molecule has 0 aliphatic rings. The maximum absolute atomic E-state index is 11.3. The first kappa shape index (κ1) is 19.8. The molecule has 3 aromatic heterocycles. The molecule has 0 bridgehead atoms. The van der Waals surface area contributed by atoms with Crippen LogP contribution in [-0.4, -0.2) is 41.0 Å². The predicted octanol–water partition coefficient (Wildman–Crippen LogP) is 3.12. The van der Waals surface area contributed by atoms with Crippen LogP contribution in [0.2, 0.25) is 5.15 Å². The summed E-state index contributed by atoms with van der Waals surface area (Å²) < 4.78 is 3.49. The lowest BCUT2D eigenvalue weighted by atomic mass is 10.0. The van der Waals surface area contributed by atoms with Crippen molar-refractivity contribution in [3.8, 4) is 0 Å². The van der Waals surface area contributed by atoms with E-state index in [1.807, 2.05) is 44.3 Å². The average Bonchev–Trinajstić information content (AvgIpc) is 3.25.